The highest BCUT2D eigenvalue weighted by atomic mass is 32.2. The third kappa shape index (κ3) is 3.83. The Kier molecular flexibility index (Phi) is 5.24. The minimum absolute atomic E-state index is 0.0356. The van der Waals surface area contributed by atoms with Crippen LogP contribution < -0.4 is 4.90 Å². The average molecular weight is 433 g/mol. The maximum Gasteiger partial charge on any atom is 0.243 e. The van der Waals surface area contributed by atoms with Gasteiger partial charge in [-0.15, -0.1) is 11.3 Å². The molecule has 1 saturated heterocycles. The molecule has 4 rings (SSSR count). The Morgan fingerprint density at radius 1 is 1.31 bits per heavy atom. The van der Waals surface area contributed by atoms with Crippen LogP contribution in [0, 0.1) is 6.92 Å². The predicted octanol–water partition coefficient (Wildman–Crippen LogP) is 3.05. The fraction of sp³-hybridized carbons (Fsp3) is 0.316. The fourth-order valence-electron chi connectivity index (χ4n) is 3.27. The van der Waals surface area contributed by atoms with Crippen molar-refractivity contribution in [2.45, 2.75) is 31.2 Å². The van der Waals surface area contributed by atoms with E-state index in [-0.39, 0.29) is 23.2 Å². The van der Waals surface area contributed by atoms with Gasteiger partial charge in [0.25, 0.3) is 0 Å². The Morgan fingerprint density at radius 2 is 2.14 bits per heavy atom. The summed E-state index contributed by atoms with van der Waals surface area (Å²) in [6.45, 7) is 2.44. The van der Waals surface area contributed by atoms with E-state index in [1.54, 1.807) is 17.0 Å². The van der Waals surface area contributed by atoms with Gasteiger partial charge in [-0.3, -0.25) is 4.79 Å². The molecule has 0 bridgehead atoms. The van der Waals surface area contributed by atoms with Gasteiger partial charge < -0.3 is 9.42 Å². The SMILES string of the molecule is Cc1cc(S(=O)(=O)N(C)Cc2nc(-c3cccs3)no2)ccc1N1CCCC1=O. The molecule has 0 radical (unpaired) electrons. The van der Waals surface area contributed by atoms with Gasteiger partial charge in [-0.1, -0.05) is 11.2 Å². The summed E-state index contributed by atoms with van der Waals surface area (Å²) in [4.78, 5) is 19.0. The van der Waals surface area contributed by atoms with E-state index in [9.17, 15) is 13.2 Å². The van der Waals surface area contributed by atoms with Crippen molar-refractivity contribution >= 4 is 33.0 Å². The van der Waals surface area contributed by atoms with E-state index in [4.69, 9.17) is 4.52 Å². The van der Waals surface area contributed by atoms with Crippen LogP contribution >= 0.6 is 11.3 Å². The molecule has 0 spiro atoms. The van der Waals surface area contributed by atoms with Crippen molar-refractivity contribution in [3.05, 3.63) is 47.2 Å². The number of sulfonamides is 1. The van der Waals surface area contributed by atoms with Gasteiger partial charge in [0.15, 0.2) is 0 Å². The summed E-state index contributed by atoms with van der Waals surface area (Å²) in [6.07, 6.45) is 1.35. The lowest BCUT2D eigenvalue weighted by Crippen LogP contribution is -2.27. The van der Waals surface area contributed by atoms with Crippen LogP contribution in [0.2, 0.25) is 0 Å². The van der Waals surface area contributed by atoms with Crippen LogP contribution in [0.25, 0.3) is 10.7 Å². The Labute approximate surface area is 172 Å². The Balaban J connectivity index is 1.53. The normalized spacial score (nSPS) is 14.9. The van der Waals surface area contributed by atoms with Crippen molar-refractivity contribution in [3.8, 4) is 10.7 Å². The van der Waals surface area contributed by atoms with E-state index >= 15 is 0 Å². The highest BCUT2D eigenvalue weighted by molar-refractivity contribution is 7.89. The molecule has 152 valence electrons. The first-order valence-electron chi connectivity index (χ1n) is 9.10. The lowest BCUT2D eigenvalue weighted by molar-refractivity contribution is -0.117. The van der Waals surface area contributed by atoms with Crippen LogP contribution in [0.5, 0.6) is 0 Å². The van der Waals surface area contributed by atoms with Gasteiger partial charge in [-0.25, -0.2) is 8.42 Å². The molecule has 1 fully saturated rings. The molecule has 0 N–H and O–H groups in total. The second-order valence-corrected chi connectivity index (χ2v) is 9.84. The van der Waals surface area contributed by atoms with Gasteiger partial charge in [-0.05, 0) is 48.6 Å². The van der Waals surface area contributed by atoms with Gasteiger partial charge in [0.2, 0.25) is 27.6 Å². The van der Waals surface area contributed by atoms with Gasteiger partial charge in [0.05, 0.1) is 16.3 Å². The summed E-state index contributed by atoms with van der Waals surface area (Å²) >= 11 is 1.48. The minimum atomic E-state index is -3.75. The van der Waals surface area contributed by atoms with Crippen LogP contribution in [0.15, 0.2) is 45.1 Å². The number of aromatic nitrogens is 2. The molecule has 2 aromatic heterocycles. The molecule has 1 amide bonds. The quantitative estimate of drug-likeness (QED) is 0.594. The summed E-state index contributed by atoms with van der Waals surface area (Å²) < 4.78 is 32.3. The first kappa shape index (κ1) is 19.7. The van der Waals surface area contributed by atoms with E-state index < -0.39 is 10.0 Å². The smallest absolute Gasteiger partial charge is 0.243 e. The molecule has 0 saturated carbocycles. The van der Waals surface area contributed by atoms with Crippen molar-refractivity contribution in [2.75, 3.05) is 18.5 Å². The average Bonchev–Trinajstić information content (AvgIpc) is 3.43. The molecule has 8 nitrogen and oxygen atoms in total. The van der Waals surface area contributed by atoms with E-state index in [0.717, 1.165) is 22.5 Å². The summed E-state index contributed by atoms with van der Waals surface area (Å²) in [5.41, 5.74) is 1.50. The number of anilines is 1. The Hall–Kier alpha value is -2.56. The number of amides is 1. The molecule has 3 heterocycles. The second-order valence-electron chi connectivity index (χ2n) is 6.85. The van der Waals surface area contributed by atoms with Crippen molar-refractivity contribution in [3.63, 3.8) is 0 Å². The minimum Gasteiger partial charge on any atom is -0.337 e. The molecule has 0 aliphatic carbocycles. The van der Waals surface area contributed by atoms with E-state index in [2.05, 4.69) is 10.1 Å². The highest BCUT2D eigenvalue weighted by Gasteiger charge is 2.27. The van der Waals surface area contributed by atoms with Crippen molar-refractivity contribution in [2.24, 2.45) is 0 Å². The predicted molar refractivity (Wildman–Crippen MR) is 109 cm³/mol. The largest absolute Gasteiger partial charge is 0.337 e. The second kappa shape index (κ2) is 7.69. The molecule has 3 aromatic rings. The molecular weight excluding hydrogens is 412 g/mol. The van der Waals surface area contributed by atoms with Crippen molar-refractivity contribution in [1.29, 1.82) is 0 Å². The zero-order valence-electron chi connectivity index (χ0n) is 16.0. The standard InChI is InChI=1S/C19H20N4O4S2/c1-13-11-14(7-8-15(13)23-9-3-6-18(23)24)29(25,26)22(2)12-17-20-19(21-27-17)16-5-4-10-28-16/h4-5,7-8,10-11H,3,6,9,12H2,1-2H3. The lowest BCUT2D eigenvalue weighted by Gasteiger charge is -2.20. The third-order valence-electron chi connectivity index (χ3n) is 4.81. The zero-order chi connectivity index (χ0) is 20.6. The summed E-state index contributed by atoms with van der Waals surface area (Å²) in [7, 11) is -2.28. The summed E-state index contributed by atoms with van der Waals surface area (Å²) in [6, 6.07) is 8.58. The number of thiophene rings is 1. The molecule has 29 heavy (non-hydrogen) atoms. The summed E-state index contributed by atoms with van der Waals surface area (Å²) in [5.74, 6) is 0.727. The van der Waals surface area contributed by atoms with Crippen LogP contribution in [-0.4, -0.2) is 42.4 Å². The van der Waals surface area contributed by atoms with Crippen molar-refractivity contribution in [1.82, 2.24) is 14.4 Å². The first-order chi connectivity index (χ1) is 13.9. The van der Waals surface area contributed by atoms with Crippen LogP contribution in [0.3, 0.4) is 0 Å². The van der Waals surface area contributed by atoms with Gasteiger partial charge >= 0.3 is 0 Å². The number of nitrogens with zero attached hydrogens (tertiary/aromatic N) is 4. The van der Waals surface area contributed by atoms with Crippen LogP contribution in [0.4, 0.5) is 5.69 Å². The zero-order valence-corrected chi connectivity index (χ0v) is 17.7. The maximum atomic E-state index is 13.0. The van der Waals surface area contributed by atoms with Gasteiger partial charge in [0.1, 0.15) is 0 Å². The molecule has 10 heteroatoms. The van der Waals surface area contributed by atoms with E-state index in [1.807, 2.05) is 24.4 Å². The third-order valence-corrected chi connectivity index (χ3v) is 7.47. The number of hydrogen-bond acceptors (Lipinski definition) is 7. The Morgan fingerprint density at radius 3 is 2.79 bits per heavy atom. The maximum absolute atomic E-state index is 13.0. The molecule has 0 unspecified atom stereocenters. The fourth-order valence-corrected chi connectivity index (χ4v) is 5.13. The molecule has 1 aromatic carbocycles. The molecular formula is C19H20N4O4S2. The molecule has 1 aliphatic heterocycles. The van der Waals surface area contributed by atoms with Gasteiger partial charge in [-0.2, -0.15) is 9.29 Å². The topological polar surface area (TPSA) is 96.6 Å². The number of aryl methyl sites for hydroxylation is 1. The molecule has 0 atom stereocenters. The van der Waals surface area contributed by atoms with Crippen molar-refractivity contribution < 1.29 is 17.7 Å². The first-order valence-corrected chi connectivity index (χ1v) is 11.4. The molecule has 1 aliphatic rings. The van der Waals surface area contributed by atoms with E-state index in [1.165, 1.54) is 28.8 Å². The summed E-state index contributed by atoms with van der Waals surface area (Å²) in [5, 5.41) is 5.82. The Bertz CT molecular complexity index is 1140. The number of carbonyl (C=O) groups is 1. The monoisotopic (exact) mass is 432 g/mol. The number of rotatable bonds is 6. The van der Waals surface area contributed by atoms with Crippen LogP contribution in [-0.2, 0) is 21.4 Å². The highest BCUT2D eigenvalue weighted by Crippen LogP contribution is 2.28. The number of benzene rings is 1. The number of hydrogen-bond donors (Lipinski definition) is 0. The van der Waals surface area contributed by atoms with Gasteiger partial charge in [0, 0.05) is 25.7 Å². The number of carbonyl (C=O) groups excluding carboxylic acids is 1. The van der Waals surface area contributed by atoms with Crippen LogP contribution in [0.1, 0.15) is 24.3 Å². The lowest BCUT2D eigenvalue weighted by atomic mass is 10.2. The van der Waals surface area contributed by atoms with E-state index in [0.29, 0.717) is 18.8 Å².